The number of fused-ring (bicyclic) bond motifs is 1. The van der Waals surface area contributed by atoms with Crippen LogP contribution < -0.4 is 5.32 Å². The molecule has 0 aromatic heterocycles. The van der Waals surface area contributed by atoms with Crippen LogP contribution in [0.4, 0.5) is 0 Å². The molecule has 0 saturated heterocycles. The maximum absolute atomic E-state index is 3.54. The summed E-state index contributed by atoms with van der Waals surface area (Å²) in [5.74, 6) is 0.749. The van der Waals surface area contributed by atoms with E-state index in [9.17, 15) is 0 Å². The van der Waals surface area contributed by atoms with Gasteiger partial charge in [-0.2, -0.15) is 0 Å². The van der Waals surface area contributed by atoms with E-state index >= 15 is 0 Å². The molecule has 1 aromatic rings. The van der Waals surface area contributed by atoms with Crippen molar-refractivity contribution in [1.82, 2.24) is 5.32 Å². The van der Waals surface area contributed by atoms with Crippen LogP contribution in [-0.4, -0.2) is 7.05 Å². The van der Waals surface area contributed by atoms with E-state index < -0.39 is 0 Å². The highest BCUT2D eigenvalue weighted by atomic mass is 14.9. The molecule has 0 spiro atoms. The molecular weight excluding hydrogens is 254 g/mol. The van der Waals surface area contributed by atoms with Gasteiger partial charge in [-0.1, -0.05) is 45.9 Å². The number of hydrogen-bond acceptors (Lipinski definition) is 1. The summed E-state index contributed by atoms with van der Waals surface area (Å²) >= 11 is 0. The summed E-state index contributed by atoms with van der Waals surface area (Å²) in [5.41, 5.74) is 5.09. The zero-order chi connectivity index (χ0) is 15.5. The monoisotopic (exact) mass is 287 g/mol. The lowest BCUT2D eigenvalue weighted by Crippen LogP contribution is -2.21. The Morgan fingerprint density at radius 3 is 2.38 bits per heavy atom. The first-order valence-corrected chi connectivity index (χ1v) is 8.68. The Morgan fingerprint density at radius 2 is 1.76 bits per heavy atom. The Kier molecular flexibility index (Phi) is 5.48. The van der Waals surface area contributed by atoms with E-state index in [-0.39, 0.29) is 0 Å². The quantitative estimate of drug-likeness (QED) is 0.776. The highest BCUT2D eigenvalue weighted by molar-refractivity contribution is 5.35. The van der Waals surface area contributed by atoms with E-state index in [1.807, 2.05) is 0 Å². The van der Waals surface area contributed by atoms with Crippen molar-refractivity contribution >= 4 is 0 Å². The predicted octanol–water partition coefficient (Wildman–Crippen LogP) is 5.29. The van der Waals surface area contributed by atoms with Gasteiger partial charge in [0.25, 0.3) is 0 Å². The van der Waals surface area contributed by atoms with Crippen molar-refractivity contribution in [2.24, 2.45) is 11.3 Å². The minimum atomic E-state index is 0.424. The molecule has 1 N–H and O–H groups in total. The van der Waals surface area contributed by atoms with Crippen molar-refractivity contribution in [1.29, 1.82) is 0 Å². The lowest BCUT2D eigenvalue weighted by molar-refractivity contribution is 0.279. The molecule has 0 saturated carbocycles. The number of aryl methyl sites for hydroxylation is 2. The fourth-order valence-corrected chi connectivity index (χ4v) is 3.92. The van der Waals surface area contributed by atoms with E-state index in [0.29, 0.717) is 11.5 Å². The van der Waals surface area contributed by atoms with Crippen molar-refractivity contribution in [3.8, 4) is 0 Å². The molecule has 0 fully saturated rings. The van der Waals surface area contributed by atoms with Gasteiger partial charge in [0.1, 0.15) is 0 Å². The van der Waals surface area contributed by atoms with Crippen LogP contribution in [0.15, 0.2) is 18.2 Å². The summed E-state index contributed by atoms with van der Waals surface area (Å²) in [7, 11) is 2.11. The number of rotatable bonds is 5. The molecule has 0 aliphatic heterocycles. The lowest BCUT2D eigenvalue weighted by Gasteiger charge is -2.27. The first kappa shape index (κ1) is 16.5. The van der Waals surface area contributed by atoms with Crippen LogP contribution in [0.3, 0.4) is 0 Å². The standard InChI is InChI=1S/C20H33N/c1-15(14-20(2,3)4)12-19(21-5)18-11-10-16-8-6-7-9-17(16)13-18/h10-11,13,15,19,21H,6-9,12,14H2,1-5H3. The molecule has 1 heteroatoms. The maximum atomic E-state index is 3.54. The van der Waals surface area contributed by atoms with Crippen molar-refractivity contribution in [2.75, 3.05) is 7.05 Å². The average Bonchev–Trinajstić information content (AvgIpc) is 2.42. The van der Waals surface area contributed by atoms with Crippen LogP contribution in [0.25, 0.3) is 0 Å². The Morgan fingerprint density at radius 1 is 1.10 bits per heavy atom. The second-order valence-electron chi connectivity index (χ2n) is 8.18. The molecule has 1 aliphatic rings. The van der Waals surface area contributed by atoms with E-state index in [1.165, 1.54) is 44.1 Å². The van der Waals surface area contributed by atoms with Crippen molar-refractivity contribution < 1.29 is 0 Å². The van der Waals surface area contributed by atoms with Crippen LogP contribution in [0, 0.1) is 11.3 Å². The summed E-state index contributed by atoms with van der Waals surface area (Å²) in [6.45, 7) is 9.43. The highest BCUT2D eigenvalue weighted by Gasteiger charge is 2.20. The lowest BCUT2D eigenvalue weighted by atomic mass is 9.81. The normalized spacial score (nSPS) is 18.1. The summed E-state index contributed by atoms with van der Waals surface area (Å²) in [4.78, 5) is 0. The Hall–Kier alpha value is -0.820. The van der Waals surface area contributed by atoms with E-state index in [0.717, 1.165) is 5.92 Å². The summed E-state index contributed by atoms with van der Waals surface area (Å²) < 4.78 is 0. The molecule has 1 nitrogen and oxygen atoms in total. The fraction of sp³-hybridized carbons (Fsp3) is 0.700. The smallest absolute Gasteiger partial charge is 0.0320 e. The summed E-state index contributed by atoms with van der Waals surface area (Å²) in [5, 5.41) is 3.54. The average molecular weight is 287 g/mol. The molecule has 118 valence electrons. The molecule has 1 aromatic carbocycles. The third-order valence-corrected chi connectivity index (χ3v) is 4.72. The molecule has 0 amide bonds. The van der Waals surface area contributed by atoms with E-state index in [1.54, 1.807) is 11.1 Å². The first-order chi connectivity index (χ1) is 9.89. The van der Waals surface area contributed by atoms with Crippen LogP contribution in [0.1, 0.15) is 76.1 Å². The molecular formula is C20H33N. The van der Waals surface area contributed by atoms with Gasteiger partial charge in [-0.15, -0.1) is 0 Å². The second kappa shape index (κ2) is 6.96. The van der Waals surface area contributed by atoms with Crippen molar-refractivity contribution in [3.05, 3.63) is 34.9 Å². The minimum absolute atomic E-state index is 0.424. The largest absolute Gasteiger partial charge is 0.313 e. The molecule has 2 rings (SSSR count). The van der Waals surface area contributed by atoms with Gasteiger partial charge in [0.15, 0.2) is 0 Å². The van der Waals surface area contributed by atoms with Gasteiger partial charge in [-0.3, -0.25) is 0 Å². The number of hydrogen-bond donors (Lipinski definition) is 1. The Balaban J connectivity index is 2.07. The second-order valence-corrected chi connectivity index (χ2v) is 8.18. The molecule has 0 heterocycles. The van der Waals surface area contributed by atoms with Crippen molar-refractivity contribution in [3.63, 3.8) is 0 Å². The molecule has 2 atom stereocenters. The third-order valence-electron chi connectivity index (χ3n) is 4.72. The third kappa shape index (κ3) is 4.85. The summed E-state index contributed by atoms with van der Waals surface area (Å²) in [6, 6.07) is 7.70. The SMILES string of the molecule is CNC(CC(C)CC(C)(C)C)c1ccc2c(c1)CCCC2. The number of benzene rings is 1. The predicted molar refractivity (Wildman–Crippen MR) is 92.7 cm³/mol. The fourth-order valence-electron chi connectivity index (χ4n) is 3.92. The zero-order valence-electron chi connectivity index (χ0n) is 14.6. The highest BCUT2D eigenvalue weighted by Crippen LogP contribution is 2.32. The Bertz CT molecular complexity index is 455. The van der Waals surface area contributed by atoms with Crippen molar-refractivity contribution in [2.45, 2.75) is 72.3 Å². The van der Waals surface area contributed by atoms with E-state index in [4.69, 9.17) is 0 Å². The Labute approximate surface area is 131 Å². The van der Waals surface area contributed by atoms with Gasteiger partial charge >= 0.3 is 0 Å². The van der Waals surface area contributed by atoms with E-state index in [2.05, 4.69) is 58.3 Å². The zero-order valence-corrected chi connectivity index (χ0v) is 14.6. The van der Waals surface area contributed by atoms with Gasteiger partial charge < -0.3 is 5.32 Å². The number of nitrogens with one attached hydrogen (secondary N) is 1. The summed E-state index contributed by atoms with van der Waals surface area (Å²) in [6.07, 6.45) is 7.80. The van der Waals surface area contributed by atoms with Crippen LogP contribution >= 0.6 is 0 Å². The van der Waals surface area contributed by atoms with Gasteiger partial charge in [0.05, 0.1) is 0 Å². The molecule has 21 heavy (non-hydrogen) atoms. The molecule has 2 unspecified atom stereocenters. The van der Waals surface area contributed by atoms with Crippen LogP contribution in [0.2, 0.25) is 0 Å². The van der Waals surface area contributed by atoms with Crippen LogP contribution in [-0.2, 0) is 12.8 Å². The first-order valence-electron chi connectivity index (χ1n) is 8.68. The minimum Gasteiger partial charge on any atom is -0.313 e. The molecule has 0 radical (unpaired) electrons. The molecule has 0 bridgehead atoms. The van der Waals surface area contributed by atoms with Gasteiger partial charge in [0, 0.05) is 6.04 Å². The molecule has 1 aliphatic carbocycles. The van der Waals surface area contributed by atoms with Gasteiger partial charge in [0.2, 0.25) is 0 Å². The maximum Gasteiger partial charge on any atom is 0.0320 e. The topological polar surface area (TPSA) is 12.0 Å². The van der Waals surface area contributed by atoms with Gasteiger partial charge in [-0.05, 0) is 73.6 Å². The van der Waals surface area contributed by atoms with Crippen LogP contribution in [0.5, 0.6) is 0 Å². The van der Waals surface area contributed by atoms with Gasteiger partial charge in [-0.25, -0.2) is 0 Å².